The van der Waals surface area contributed by atoms with Gasteiger partial charge in [-0.3, -0.25) is 0 Å². The van der Waals surface area contributed by atoms with E-state index in [2.05, 4.69) is 15.0 Å². The van der Waals surface area contributed by atoms with Crippen molar-refractivity contribution < 1.29 is 0 Å². The van der Waals surface area contributed by atoms with Crippen molar-refractivity contribution in [2.75, 3.05) is 14.1 Å². The highest BCUT2D eigenvalue weighted by Crippen LogP contribution is 2.03. The highest BCUT2D eigenvalue weighted by Gasteiger charge is 1.84. The van der Waals surface area contributed by atoms with E-state index in [-0.39, 0.29) is 0 Å². The maximum atomic E-state index is 4.08. The van der Waals surface area contributed by atoms with Crippen molar-refractivity contribution in [1.82, 2.24) is 14.9 Å². The Hall–Kier alpha value is -1.45. The topological polar surface area (TPSA) is 41.4 Å². The van der Waals surface area contributed by atoms with Gasteiger partial charge in [0.2, 0.25) is 0 Å². The van der Waals surface area contributed by atoms with Gasteiger partial charge < -0.3 is 4.90 Å². The SMILES string of the molecule is CN(C)C=Nc1cncnc1. The summed E-state index contributed by atoms with van der Waals surface area (Å²) in [4.78, 5) is 13.6. The molecule has 0 atom stereocenters. The molecule has 1 heterocycles. The van der Waals surface area contributed by atoms with E-state index in [1.54, 1.807) is 18.7 Å². The molecule has 0 aliphatic rings. The minimum absolute atomic E-state index is 0.765. The summed E-state index contributed by atoms with van der Waals surface area (Å²) in [5, 5.41) is 0. The lowest BCUT2D eigenvalue weighted by Crippen LogP contribution is -2.06. The molecule has 0 unspecified atom stereocenters. The lowest BCUT2D eigenvalue weighted by Gasteiger charge is -2.00. The lowest BCUT2D eigenvalue weighted by atomic mass is 10.6. The first-order valence-electron chi connectivity index (χ1n) is 3.24. The Balaban J connectivity index is 2.65. The summed E-state index contributed by atoms with van der Waals surface area (Å²) in [7, 11) is 3.82. The van der Waals surface area contributed by atoms with Crippen LogP contribution in [0.15, 0.2) is 23.7 Å². The van der Waals surface area contributed by atoms with Gasteiger partial charge in [0, 0.05) is 14.1 Å². The molecule has 0 radical (unpaired) electrons. The molecule has 0 fully saturated rings. The molecule has 1 aromatic heterocycles. The highest BCUT2D eigenvalue weighted by molar-refractivity contribution is 5.59. The van der Waals surface area contributed by atoms with Gasteiger partial charge in [-0.05, 0) is 0 Å². The van der Waals surface area contributed by atoms with Gasteiger partial charge in [0.05, 0.1) is 18.7 Å². The molecule has 11 heavy (non-hydrogen) atoms. The largest absolute Gasteiger partial charge is 0.369 e. The van der Waals surface area contributed by atoms with Gasteiger partial charge in [0.1, 0.15) is 12.0 Å². The summed E-state index contributed by atoms with van der Waals surface area (Å²) in [5.41, 5.74) is 0.765. The minimum Gasteiger partial charge on any atom is -0.369 e. The van der Waals surface area contributed by atoms with Crippen LogP contribution < -0.4 is 0 Å². The second-order valence-electron chi connectivity index (χ2n) is 2.30. The molecular formula is C7H10N4. The molecule has 4 heteroatoms. The smallest absolute Gasteiger partial charge is 0.115 e. The molecule has 4 nitrogen and oxygen atoms in total. The Morgan fingerprint density at radius 3 is 2.55 bits per heavy atom. The summed E-state index contributed by atoms with van der Waals surface area (Å²) in [5.74, 6) is 0. The molecule has 0 spiro atoms. The normalized spacial score (nSPS) is 10.4. The number of aromatic nitrogens is 2. The number of hydrogen-bond acceptors (Lipinski definition) is 3. The molecule has 0 aliphatic heterocycles. The first-order chi connectivity index (χ1) is 5.29. The van der Waals surface area contributed by atoms with Gasteiger partial charge >= 0.3 is 0 Å². The zero-order valence-electron chi connectivity index (χ0n) is 6.60. The Labute approximate surface area is 65.6 Å². The second kappa shape index (κ2) is 3.65. The van der Waals surface area contributed by atoms with Crippen molar-refractivity contribution in [3.8, 4) is 0 Å². The number of hydrogen-bond donors (Lipinski definition) is 0. The Bertz CT molecular complexity index is 229. The first-order valence-corrected chi connectivity index (χ1v) is 3.24. The van der Waals surface area contributed by atoms with Gasteiger partial charge in [-0.2, -0.15) is 0 Å². The van der Waals surface area contributed by atoms with E-state index in [0.717, 1.165) is 5.69 Å². The molecule has 1 rings (SSSR count). The lowest BCUT2D eigenvalue weighted by molar-refractivity contribution is 0.643. The van der Waals surface area contributed by atoms with Crippen LogP contribution >= 0.6 is 0 Å². The third-order valence-corrected chi connectivity index (χ3v) is 0.985. The van der Waals surface area contributed by atoms with Gasteiger partial charge in [-0.25, -0.2) is 15.0 Å². The molecule has 0 saturated carbocycles. The monoisotopic (exact) mass is 150 g/mol. The predicted octanol–water partition coefficient (Wildman–Crippen LogP) is 0.698. The van der Waals surface area contributed by atoms with E-state index in [1.165, 1.54) is 6.33 Å². The van der Waals surface area contributed by atoms with Crippen molar-refractivity contribution in [3.63, 3.8) is 0 Å². The van der Waals surface area contributed by atoms with Crippen LogP contribution in [-0.2, 0) is 0 Å². The van der Waals surface area contributed by atoms with Crippen LogP contribution in [0.1, 0.15) is 0 Å². The molecule has 0 aliphatic carbocycles. The molecule has 0 bridgehead atoms. The maximum absolute atomic E-state index is 4.08. The van der Waals surface area contributed by atoms with E-state index in [9.17, 15) is 0 Å². The zero-order chi connectivity index (χ0) is 8.10. The summed E-state index contributed by atoms with van der Waals surface area (Å²) in [6.07, 6.45) is 6.51. The van der Waals surface area contributed by atoms with Gasteiger partial charge in [0.15, 0.2) is 0 Å². The van der Waals surface area contributed by atoms with Crippen LogP contribution in [0.4, 0.5) is 5.69 Å². The second-order valence-corrected chi connectivity index (χ2v) is 2.30. The van der Waals surface area contributed by atoms with E-state index >= 15 is 0 Å². The van der Waals surface area contributed by atoms with Crippen molar-refractivity contribution >= 4 is 12.0 Å². The van der Waals surface area contributed by atoms with Crippen LogP contribution in [0.3, 0.4) is 0 Å². The van der Waals surface area contributed by atoms with Crippen LogP contribution in [0, 0.1) is 0 Å². The van der Waals surface area contributed by atoms with Gasteiger partial charge in [-0.1, -0.05) is 0 Å². The zero-order valence-corrected chi connectivity index (χ0v) is 6.60. The molecule has 0 saturated heterocycles. The third kappa shape index (κ3) is 2.75. The number of nitrogens with zero attached hydrogens (tertiary/aromatic N) is 4. The van der Waals surface area contributed by atoms with Gasteiger partial charge in [0.25, 0.3) is 0 Å². The fourth-order valence-electron chi connectivity index (χ4n) is 0.540. The van der Waals surface area contributed by atoms with E-state index in [4.69, 9.17) is 0 Å². The van der Waals surface area contributed by atoms with Crippen molar-refractivity contribution in [1.29, 1.82) is 0 Å². The summed E-state index contributed by atoms with van der Waals surface area (Å²) < 4.78 is 0. The van der Waals surface area contributed by atoms with Crippen molar-refractivity contribution in [2.45, 2.75) is 0 Å². The Kier molecular flexibility index (Phi) is 2.54. The van der Waals surface area contributed by atoms with Crippen LogP contribution in [0.2, 0.25) is 0 Å². The highest BCUT2D eigenvalue weighted by atomic mass is 15.1. The average molecular weight is 150 g/mol. The van der Waals surface area contributed by atoms with Crippen molar-refractivity contribution in [3.05, 3.63) is 18.7 Å². The first kappa shape index (κ1) is 7.65. The fourth-order valence-corrected chi connectivity index (χ4v) is 0.540. The fraction of sp³-hybridized carbons (Fsp3) is 0.286. The minimum atomic E-state index is 0.765. The average Bonchev–Trinajstić information content (AvgIpc) is 2.03. The Morgan fingerprint density at radius 1 is 1.36 bits per heavy atom. The van der Waals surface area contributed by atoms with E-state index in [1.807, 2.05) is 19.0 Å². The summed E-state index contributed by atoms with van der Waals surface area (Å²) in [6, 6.07) is 0. The van der Waals surface area contributed by atoms with Crippen molar-refractivity contribution in [2.24, 2.45) is 4.99 Å². The molecule has 58 valence electrons. The molecule has 0 N–H and O–H groups in total. The number of aliphatic imine (C=N–C) groups is 1. The third-order valence-electron chi connectivity index (χ3n) is 0.985. The van der Waals surface area contributed by atoms with Gasteiger partial charge in [-0.15, -0.1) is 0 Å². The summed E-state index contributed by atoms with van der Waals surface area (Å²) in [6.45, 7) is 0. The van der Waals surface area contributed by atoms with E-state index < -0.39 is 0 Å². The molecular weight excluding hydrogens is 140 g/mol. The Morgan fingerprint density at radius 2 is 2.00 bits per heavy atom. The number of rotatable bonds is 2. The standard InChI is InChI=1S/C7H10N4/c1-11(2)6-10-7-3-8-5-9-4-7/h3-6H,1-2H3. The summed E-state index contributed by atoms with van der Waals surface area (Å²) >= 11 is 0. The predicted molar refractivity (Wildman–Crippen MR) is 43.9 cm³/mol. The molecule has 1 aromatic rings. The van der Waals surface area contributed by atoms with E-state index in [0.29, 0.717) is 0 Å². The maximum Gasteiger partial charge on any atom is 0.115 e. The van der Waals surface area contributed by atoms with Crippen LogP contribution in [0.25, 0.3) is 0 Å². The van der Waals surface area contributed by atoms with Crippen LogP contribution in [-0.4, -0.2) is 35.3 Å². The molecule has 0 amide bonds. The van der Waals surface area contributed by atoms with Crippen LogP contribution in [0.5, 0.6) is 0 Å². The molecule has 0 aromatic carbocycles. The quantitative estimate of drug-likeness (QED) is 0.460.